The van der Waals surface area contributed by atoms with Gasteiger partial charge in [0, 0.05) is 31.1 Å². The van der Waals surface area contributed by atoms with Gasteiger partial charge in [-0.2, -0.15) is 0 Å². The molecule has 0 bridgehead atoms. The molecule has 1 rings (SSSR count). The number of nitrogens with zero attached hydrogens (tertiary/aromatic N) is 1. The second kappa shape index (κ2) is 8.77. The molecule has 2 amide bonds. The number of likely N-dealkylation sites (N-methyl/N-ethyl adjacent to an activating group) is 2. The van der Waals surface area contributed by atoms with Crippen LogP contribution in [0.4, 0.5) is 0 Å². The molecule has 21 heavy (non-hydrogen) atoms. The minimum absolute atomic E-state index is 0.0152. The lowest BCUT2D eigenvalue weighted by atomic mass is 10.1. The van der Waals surface area contributed by atoms with Crippen molar-refractivity contribution >= 4 is 11.8 Å². The maximum Gasteiger partial charge on any atom is 0.254 e. The van der Waals surface area contributed by atoms with E-state index in [0.717, 1.165) is 0 Å². The van der Waals surface area contributed by atoms with Crippen molar-refractivity contribution in [2.24, 2.45) is 0 Å². The van der Waals surface area contributed by atoms with E-state index < -0.39 is 0 Å². The third kappa shape index (κ3) is 5.28. The van der Waals surface area contributed by atoms with Gasteiger partial charge in [-0.3, -0.25) is 9.59 Å². The van der Waals surface area contributed by atoms with Crippen LogP contribution in [0.3, 0.4) is 0 Å². The van der Waals surface area contributed by atoms with Crippen LogP contribution in [0.2, 0.25) is 0 Å². The molecule has 0 radical (unpaired) electrons. The van der Waals surface area contributed by atoms with Gasteiger partial charge in [-0.15, -0.1) is 0 Å². The molecule has 0 atom stereocenters. The van der Waals surface area contributed by atoms with E-state index in [0.29, 0.717) is 24.1 Å². The lowest BCUT2D eigenvalue weighted by molar-refractivity contribution is -0.121. The lowest BCUT2D eigenvalue weighted by Crippen LogP contribution is -2.39. The van der Waals surface area contributed by atoms with E-state index in [4.69, 9.17) is 5.11 Å². The first-order chi connectivity index (χ1) is 10.1. The van der Waals surface area contributed by atoms with Gasteiger partial charge < -0.3 is 15.3 Å². The summed E-state index contributed by atoms with van der Waals surface area (Å²) in [5, 5.41) is 11.2. The van der Waals surface area contributed by atoms with E-state index in [9.17, 15) is 9.59 Å². The first kappa shape index (κ1) is 16.7. The van der Waals surface area contributed by atoms with Gasteiger partial charge in [0.25, 0.3) is 5.91 Å². The van der Waals surface area contributed by atoms with E-state index in [-0.39, 0.29) is 25.0 Å². The van der Waals surface area contributed by atoms with Crippen molar-refractivity contribution < 1.29 is 14.7 Å². The molecule has 1 aromatic rings. The fourth-order valence-electron chi connectivity index (χ4n) is 1.71. The molecule has 0 heterocycles. The minimum Gasteiger partial charge on any atom is -0.395 e. The van der Waals surface area contributed by atoms with E-state index in [1.165, 1.54) is 11.9 Å². The highest BCUT2D eigenvalue weighted by Crippen LogP contribution is 2.08. The fraction of sp³-hybridized carbons (Fsp3) is 0.375. The molecule has 0 aromatic heterocycles. The Hall–Kier alpha value is -2.32. The average molecular weight is 288 g/mol. The van der Waals surface area contributed by atoms with Crippen LogP contribution in [-0.4, -0.2) is 48.6 Å². The molecule has 5 nitrogen and oxygen atoms in total. The second-order valence-electron chi connectivity index (χ2n) is 4.35. The van der Waals surface area contributed by atoms with Crippen molar-refractivity contribution in [2.45, 2.75) is 13.3 Å². The van der Waals surface area contributed by atoms with Crippen molar-refractivity contribution in [3.8, 4) is 11.8 Å². The van der Waals surface area contributed by atoms with Gasteiger partial charge in [0.2, 0.25) is 5.91 Å². The molecular formula is C16H20N2O3. The van der Waals surface area contributed by atoms with Gasteiger partial charge in [-0.05, 0) is 25.1 Å². The number of aliphatic hydroxyl groups is 1. The summed E-state index contributed by atoms with van der Waals surface area (Å²) in [6.45, 7) is 2.33. The predicted octanol–water partition coefficient (Wildman–Crippen LogP) is 0.629. The van der Waals surface area contributed by atoms with Crippen LogP contribution in [0, 0.1) is 11.8 Å². The molecule has 112 valence electrons. The number of carbonyl (C=O) groups excluding carboxylic acids is 2. The Morgan fingerprint density at radius 2 is 2.14 bits per heavy atom. The Labute approximate surface area is 125 Å². The van der Waals surface area contributed by atoms with Crippen molar-refractivity contribution in [3.05, 3.63) is 35.4 Å². The summed E-state index contributed by atoms with van der Waals surface area (Å²) < 4.78 is 0. The lowest BCUT2D eigenvalue weighted by Gasteiger charge is -2.20. The zero-order chi connectivity index (χ0) is 15.7. The number of rotatable bonds is 5. The van der Waals surface area contributed by atoms with E-state index in [2.05, 4.69) is 17.2 Å². The summed E-state index contributed by atoms with van der Waals surface area (Å²) in [6.07, 6.45) is 0.399. The highest BCUT2D eigenvalue weighted by Gasteiger charge is 2.16. The molecule has 2 N–H and O–H groups in total. The maximum atomic E-state index is 12.4. The summed E-state index contributed by atoms with van der Waals surface area (Å²) in [5.41, 5.74) is 1.21. The molecule has 0 saturated heterocycles. The largest absolute Gasteiger partial charge is 0.395 e. The smallest absolute Gasteiger partial charge is 0.254 e. The standard InChI is InChI=1S/C16H20N2O3/c1-3-18(12-15(20)17-2)16(21)14-9-6-8-13(11-14)7-4-5-10-19/h6,8-9,11,19H,3,5,10,12H2,1-2H3,(H,17,20). The Morgan fingerprint density at radius 3 is 2.76 bits per heavy atom. The third-order valence-electron chi connectivity index (χ3n) is 2.86. The number of hydrogen-bond donors (Lipinski definition) is 2. The highest BCUT2D eigenvalue weighted by molar-refractivity contribution is 5.96. The van der Waals surface area contributed by atoms with Crippen molar-refractivity contribution in [1.82, 2.24) is 10.2 Å². The summed E-state index contributed by atoms with van der Waals surface area (Å²) in [6, 6.07) is 6.95. The third-order valence-corrected chi connectivity index (χ3v) is 2.86. The Kier molecular flexibility index (Phi) is 6.99. The van der Waals surface area contributed by atoms with Gasteiger partial charge in [-0.25, -0.2) is 0 Å². The van der Waals surface area contributed by atoms with Gasteiger partial charge in [0.1, 0.15) is 0 Å². The van der Waals surface area contributed by atoms with Crippen molar-refractivity contribution in [1.29, 1.82) is 0 Å². The first-order valence-corrected chi connectivity index (χ1v) is 6.82. The van der Waals surface area contributed by atoms with Gasteiger partial charge in [0.05, 0.1) is 13.2 Å². The average Bonchev–Trinajstić information content (AvgIpc) is 2.52. The van der Waals surface area contributed by atoms with Crippen LogP contribution in [0.25, 0.3) is 0 Å². The molecule has 0 unspecified atom stereocenters. The number of amides is 2. The number of nitrogens with one attached hydrogen (secondary N) is 1. The fourth-order valence-corrected chi connectivity index (χ4v) is 1.71. The monoisotopic (exact) mass is 288 g/mol. The summed E-state index contributed by atoms with van der Waals surface area (Å²) in [4.78, 5) is 25.2. The van der Waals surface area contributed by atoms with Crippen molar-refractivity contribution in [2.75, 3.05) is 26.7 Å². The van der Waals surface area contributed by atoms with E-state index in [1.54, 1.807) is 24.3 Å². The number of carbonyl (C=O) groups is 2. The first-order valence-electron chi connectivity index (χ1n) is 6.82. The quantitative estimate of drug-likeness (QED) is 0.781. The minimum atomic E-state index is -0.205. The van der Waals surface area contributed by atoms with Crippen LogP contribution >= 0.6 is 0 Å². The van der Waals surface area contributed by atoms with E-state index in [1.807, 2.05) is 6.92 Å². The Balaban J connectivity index is 2.88. The molecule has 0 fully saturated rings. The predicted molar refractivity (Wildman–Crippen MR) is 80.7 cm³/mol. The SMILES string of the molecule is CCN(CC(=O)NC)C(=O)c1cccc(C#CCCO)c1. The van der Waals surface area contributed by atoms with Crippen LogP contribution in [0.15, 0.2) is 24.3 Å². The van der Waals surface area contributed by atoms with Crippen molar-refractivity contribution in [3.63, 3.8) is 0 Å². The van der Waals surface area contributed by atoms with Crippen LogP contribution in [0.1, 0.15) is 29.3 Å². The van der Waals surface area contributed by atoms with Crippen LogP contribution in [-0.2, 0) is 4.79 Å². The van der Waals surface area contributed by atoms with Gasteiger partial charge in [0.15, 0.2) is 0 Å². The molecule has 0 saturated carbocycles. The molecule has 1 aromatic carbocycles. The molecule has 0 aliphatic rings. The topological polar surface area (TPSA) is 69.6 Å². The highest BCUT2D eigenvalue weighted by atomic mass is 16.2. The maximum absolute atomic E-state index is 12.4. The zero-order valence-electron chi connectivity index (χ0n) is 12.3. The van der Waals surface area contributed by atoms with Gasteiger partial charge in [-0.1, -0.05) is 17.9 Å². The number of benzene rings is 1. The molecule has 0 spiro atoms. The normalized spacial score (nSPS) is 9.48. The van der Waals surface area contributed by atoms with Crippen LogP contribution in [0.5, 0.6) is 0 Å². The summed E-state index contributed by atoms with van der Waals surface area (Å²) in [5.74, 6) is 5.30. The van der Waals surface area contributed by atoms with Gasteiger partial charge >= 0.3 is 0 Å². The number of aliphatic hydroxyl groups excluding tert-OH is 1. The van der Waals surface area contributed by atoms with E-state index >= 15 is 0 Å². The molecular weight excluding hydrogens is 268 g/mol. The second-order valence-corrected chi connectivity index (χ2v) is 4.35. The zero-order valence-corrected chi connectivity index (χ0v) is 12.3. The number of hydrogen-bond acceptors (Lipinski definition) is 3. The molecule has 0 aliphatic heterocycles. The Morgan fingerprint density at radius 1 is 1.38 bits per heavy atom. The Bertz CT molecular complexity index is 558. The summed E-state index contributed by atoms with van der Waals surface area (Å²) >= 11 is 0. The van der Waals surface area contributed by atoms with Crippen LogP contribution < -0.4 is 5.32 Å². The molecule has 5 heteroatoms. The summed E-state index contributed by atoms with van der Waals surface area (Å²) in [7, 11) is 1.54. The molecule has 0 aliphatic carbocycles.